The van der Waals surface area contributed by atoms with Gasteiger partial charge >= 0.3 is 0 Å². The van der Waals surface area contributed by atoms with Crippen molar-refractivity contribution in [1.29, 1.82) is 0 Å². The minimum absolute atomic E-state index is 0.0649. The first-order valence-corrected chi connectivity index (χ1v) is 13.2. The van der Waals surface area contributed by atoms with Crippen molar-refractivity contribution in [2.75, 3.05) is 20.6 Å². The van der Waals surface area contributed by atoms with Gasteiger partial charge in [-0.05, 0) is 52.6 Å². The van der Waals surface area contributed by atoms with E-state index in [4.69, 9.17) is 5.73 Å². The fraction of sp³-hybridized carbons (Fsp3) is 0.536. The molecule has 0 bridgehead atoms. The molecule has 5 rings (SSSR count). The number of amides is 1. The average Bonchev–Trinajstić information content (AvgIpc) is 2.88. The van der Waals surface area contributed by atoms with Crippen molar-refractivity contribution in [3.8, 4) is 5.75 Å². The van der Waals surface area contributed by atoms with Gasteiger partial charge in [0.15, 0.2) is 11.4 Å². The molecule has 5 atom stereocenters. The number of ketones is 2. The molecule has 0 saturated heterocycles. The van der Waals surface area contributed by atoms with Gasteiger partial charge in [-0.2, -0.15) is 0 Å². The van der Waals surface area contributed by atoms with E-state index in [1.54, 1.807) is 0 Å². The minimum atomic E-state index is -2.72. The molecule has 1 aromatic rings. The van der Waals surface area contributed by atoms with E-state index in [0.29, 0.717) is 30.6 Å². The molecule has 4 aliphatic rings. The Morgan fingerprint density at radius 3 is 2.46 bits per heavy atom. The number of nitrogens with zero attached hydrogens (tertiary/aromatic N) is 2. The highest BCUT2D eigenvalue weighted by Crippen LogP contribution is 2.53. The Balaban J connectivity index is 1.69. The van der Waals surface area contributed by atoms with Crippen LogP contribution >= 0.6 is 0 Å². The molecule has 1 aliphatic heterocycles. The largest absolute Gasteiger partial charge is 0.508 e. The van der Waals surface area contributed by atoms with Gasteiger partial charge in [0.2, 0.25) is 5.78 Å². The first kappa shape index (κ1) is 27.3. The number of likely N-dealkylation sites (N-methyl/N-ethyl adjacent to an activating group) is 1. The zero-order valence-electron chi connectivity index (χ0n) is 22.4. The van der Waals surface area contributed by atoms with E-state index in [-0.39, 0.29) is 41.3 Å². The second kappa shape index (κ2) is 9.14. The molecule has 1 aromatic carbocycles. The van der Waals surface area contributed by atoms with E-state index in [1.165, 1.54) is 19.0 Å². The first-order chi connectivity index (χ1) is 18.3. The summed E-state index contributed by atoms with van der Waals surface area (Å²) in [6.45, 7) is 4.98. The van der Waals surface area contributed by atoms with Crippen molar-refractivity contribution < 1.29 is 39.2 Å². The molecule has 3 aliphatic carbocycles. The summed E-state index contributed by atoms with van der Waals surface area (Å²) in [5.74, 6) is -7.92. The molecule has 1 unspecified atom stereocenters. The highest BCUT2D eigenvalue weighted by Gasteiger charge is 2.64. The molecule has 1 amide bonds. The summed E-state index contributed by atoms with van der Waals surface area (Å²) in [7, 11) is 3.06. The Kier molecular flexibility index (Phi) is 6.40. The third kappa shape index (κ3) is 3.59. The number of phenolic OH excluding ortho intramolecular Hbond substituents is 1. The predicted octanol–water partition coefficient (Wildman–Crippen LogP) is 1.26. The minimum Gasteiger partial charge on any atom is -0.508 e. The monoisotopic (exact) mass is 543 g/mol. The molecule has 1 heterocycles. The van der Waals surface area contributed by atoms with Crippen LogP contribution in [-0.2, 0) is 33.8 Å². The molecule has 0 spiro atoms. The molecule has 11 heteroatoms. The van der Waals surface area contributed by atoms with Crippen LogP contribution in [0.15, 0.2) is 16.9 Å². The molecule has 0 aromatic heterocycles. The number of rotatable bonds is 4. The number of carbonyl (C=O) groups is 3. The van der Waals surface area contributed by atoms with Gasteiger partial charge in [-0.3, -0.25) is 24.2 Å². The number of primary amides is 1. The van der Waals surface area contributed by atoms with Crippen molar-refractivity contribution >= 4 is 23.2 Å². The van der Waals surface area contributed by atoms with Crippen molar-refractivity contribution in [2.24, 2.45) is 17.6 Å². The number of hydrogen-bond donors (Lipinski definition) is 5. The van der Waals surface area contributed by atoms with Gasteiger partial charge in [0.1, 0.15) is 28.7 Å². The van der Waals surface area contributed by atoms with Gasteiger partial charge in [-0.25, -0.2) is 4.39 Å². The highest BCUT2D eigenvalue weighted by atomic mass is 19.1. The zero-order valence-corrected chi connectivity index (χ0v) is 22.4. The maximum Gasteiger partial charge on any atom is 0.255 e. The summed E-state index contributed by atoms with van der Waals surface area (Å²) in [6, 6.07) is -0.976. The smallest absolute Gasteiger partial charge is 0.255 e. The number of carbonyl (C=O) groups excluding carboxylic acids is 3. The molecule has 39 heavy (non-hydrogen) atoms. The quantitative estimate of drug-likeness (QED) is 0.352. The summed E-state index contributed by atoms with van der Waals surface area (Å²) in [6.07, 6.45) is 1.08. The third-order valence-electron chi connectivity index (χ3n) is 9.26. The van der Waals surface area contributed by atoms with Gasteiger partial charge in [-0.1, -0.05) is 6.92 Å². The van der Waals surface area contributed by atoms with Crippen LogP contribution in [-0.4, -0.2) is 86.0 Å². The molecular formula is C28H34FN3O7. The summed E-state index contributed by atoms with van der Waals surface area (Å²) in [4.78, 5) is 42.7. The van der Waals surface area contributed by atoms with Crippen molar-refractivity contribution in [3.63, 3.8) is 0 Å². The van der Waals surface area contributed by atoms with E-state index >= 15 is 4.39 Å². The van der Waals surface area contributed by atoms with Crippen LogP contribution in [0, 0.1) is 17.7 Å². The normalized spacial score (nSPS) is 29.7. The molecule has 1 saturated carbocycles. The Hall–Kier alpha value is -3.28. The van der Waals surface area contributed by atoms with Crippen LogP contribution in [0.2, 0.25) is 0 Å². The second-order valence-electron chi connectivity index (χ2n) is 11.4. The fourth-order valence-corrected chi connectivity index (χ4v) is 7.05. The Labute approximate surface area is 225 Å². The lowest BCUT2D eigenvalue weighted by Crippen LogP contribution is -2.65. The first-order valence-electron chi connectivity index (χ1n) is 13.2. The van der Waals surface area contributed by atoms with E-state index in [1.807, 2.05) is 6.92 Å². The summed E-state index contributed by atoms with van der Waals surface area (Å²) >= 11 is 0. The number of fused-ring (bicyclic) bond motifs is 4. The van der Waals surface area contributed by atoms with Gasteiger partial charge in [0.05, 0.1) is 11.6 Å². The van der Waals surface area contributed by atoms with E-state index in [0.717, 1.165) is 6.42 Å². The fourth-order valence-electron chi connectivity index (χ4n) is 7.05. The number of aliphatic hydroxyl groups is 3. The highest BCUT2D eigenvalue weighted by molar-refractivity contribution is 6.24. The summed E-state index contributed by atoms with van der Waals surface area (Å²) < 4.78 is 16.1. The van der Waals surface area contributed by atoms with E-state index < -0.39 is 63.9 Å². The van der Waals surface area contributed by atoms with Crippen molar-refractivity contribution in [2.45, 2.75) is 63.8 Å². The summed E-state index contributed by atoms with van der Waals surface area (Å²) in [5, 5.41) is 45.2. The lowest BCUT2D eigenvalue weighted by atomic mass is 9.57. The molecule has 6 N–H and O–H groups in total. The van der Waals surface area contributed by atoms with Crippen molar-refractivity contribution in [1.82, 2.24) is 9.80 Å². The van der Waals surface area contributed by atoms with E-state index in [9.17, 15) is 34.8 Å². The lowest BCUT2D eigenvalue weighted by Gasteiger charge is -2.50. The number of benzene rings is 1. The number of aromatic hydroxyl groups is 1. The number of aliphatic hydroxyl groups excluding tert-OH is 2. The SMILES string of the molecule is CCC(C)N1CCc2c(O)c3c(c(F)c2C1)C[C@H]1C[C@H]2[C@H](N(C)C)C(=O)C(C(N)=O)=C(O)[C@@]2(O)C(=O)C1=C3O. The predicted molar refractivity (Wildman–Crippen MR) is 138 cm³/mol. The molecule has 10 nitrogen and oxygen atoms in total. The van der Waals surface area contributed by atoms with Crippen molar-refractivity contribution in [3.05, 3.63) is 45.0 Å². The van der Waals surface area contributed by atoms with Crippen LogP contribution in [0.5, 0.6) is 5.75 Å². The number of halogens is 1. The molecule has 0 radical (unpaired) electrons. The Morgan fingerprint density at radius 1 is 1.21 bits per heavy atom. The van der Waals surface area contributed by atoms with Crippen LogP contribution in [0.1, 0.15) is 48.9 Å². The van der Waals surface area contributed by atoms with E-state index in [2.05, 4.69) is 11.8 Å². The number of nitrogens with two attached hydrogens (primary N) is 1. The topological polar surface area (TPSA) is 165 Å². The van der Waals surface area contributed by atoms with Gasteiger partial charge < -0.3 is 26.2 Å². The number of phenols is 1. The number of Topliss-reactive ketones (excluding diaryl/α,β-unsaturated/α-hetero) is 2. The Morgan fingerprint density at radius 2 is 1.87 bits per heavy atom. The van der Waals surface area contributed by atoms with Gasteiger partial charge in [-0.15, -0.1) is 0 Å². The Bertz CT molecular complexity index is 1380. The summed E-state index contributed by atoms with van der Waals surface area (Å²) in [5.41, 5.74) is 2.07. The van der Waals surface area contributed by atoms with Crippen LogP contribution in [0.3, 0.4) is 0 Å². The van der Waals surface area contributed by atoms with Crippen LogP contribution < -0.4 is 5.73 Å². The zero-order chi connectivity index (χ0) is 28.7. The molecular weight excluding hydrogens is 509 g/mol. The standard InChI is InChI=1S/C28H34FN3O7/c1-5-11(2)32-7-6-13-15(10-32)20(29)14-8-12-9-16-21(31(3)4)24(35)19(27(30)38)26(37)28(16,39)25(36)17(12)23(34)18(14)22(13)33/h11-12,16,21,33-34,37,39H,5-10H2,1-4H3,(H2,30,38)/t11?,12-,16-,21-,28-/m0/s1. The maximum atomic E-state index is 16.1. The average molecular weight is 544 g/mol. The second-order valence-corrected chi connectivity index (χ2v) is 11.4. The van der Waals surface area contributed by atoms with Gasteiger partial charge in [0.25, 0.3) is 5.91 Å². The maximum absolute atomic E-state index is 16.1. The van der Waals surface area contributed by atoms with Crippen LogP contribution in [0.25, 0.3) is 5.76 Å². The third-order valence-corrected chi connectivity index (χ3v) is 9.26. The van der Waals surface area contributed by atoms with Crippen LogP contribution in [0.4, 0.5) is 4.39 Å². The number of hydrogen-bond acceptors (Lipinski definition) is 9. The molecule has 210 valence electrons. The lowest BCUT2D eigenvalue weighted by molar-refractivity contribution is -0.153. The molecule has 1 fully saturated rings. The van der Waals surface area contributed by atoms with Gasteiger partial charge in [0, 0.05) is 47.3 Å².